The van der Waals surface area contributed by atoms with Crippen molar-refractivity contribution in [2.45, 2.75) is 31.7 Å². The third kappa shape index (κ3) is 3.53. The van der Waals surface area contributed by atoms with Gasteiger partial charge in [0.2, 0.25) is 0 Å². The maximum absolute atomic E-state index is 13.0. The van der Waals surface area contributed by atoms with Crippen LogP contribution in [-0.2, 0) is 0 Å². The smallest absolute Gasteiger partial charge is 0.315 e. The molecule has 3 rings (SSSR count). The maximum Gasteiger partial charge on any atom is 0.315 e. The summed E-state index contributed by atoms with van der Waals surface area (Å²) in [7, 11) is 0. The van der Waals surface area contributed by atoms with E-state index in [1.165, 1.54) is 12.1 Å². The van der Waals surface area contributed by atoms with E-state index in [2.05, 4.69) is 10.6 Å². The van der Waals surface area contributed by atoms with Crippen LogP contribution in [0.25, 0.3) is 0 Å². The summed E-state index contributed by atoms with van der Waals surface area (Å²) in [5.41, 5.74) is 0.847. The van der Waals surface area contributed by atoms with Gasteiger partial charge in [-0.1, -0.05) is 12.1 Å². The van der Waals surface area contributed by atoms with Crippen molar-refractivity contribution in [3.8, 4) is 0 Å². The zero-order valence-electron chi connectivity index (χ0n) is 11.9. The van der Waals surface area contributed by atoms with E-state index >= 15 is 0 Å². The Balaban J connectivity index is 1.57. The average Bonchev–Trinajstić information content (AvgIpc) is 3.39. The third-order valence-corrected chi connectivity index (χ3v) is 4.53. The lowest BCUT2D eigenvalue weighted by molar-refractivity contribution is 0.201. The molecule has 1 aromatic rings. The molecule has 2 fully saturated rings. The number of benzene rings is 1. The highest BCUT2D eigenvalue weighted by molar-refractivity contribution is 5.74. The van der Waals surface area contributed by atoms with Crippen molar-refractivity contribution in [1.29, 1.82) is 0 Å². The second kappa shape index (κ2) is 5.64. The molecule has 2 amide bonds. The fourth-order valence-corrected chi connectivity index (χ4v) is 2.60. The number of nitrogens with one attached hydrogen (secondary N) is 2. The second-order valence-electron chi connectivity index (χ2n) is 6.35. The SMILES string of the molecule is O=C(NCC1(CO)CC1)NC(c1ccc(F)cc1)C1CC1. The summed E-state index contributed by atoms with van der Waals surface area (Å²) in [4.78, 5) is 12.0. The Labute approximate surface area is 123 Å². The number of amides is 2. The van der Waals surface area contributed by atoms with E-state index in [4.69, 9.17) is 0 Å². The Hall–Kier alpha value is -1.62. The highest BCUT2D eigenvalue weighted by atomic mass is 19.1. The van der Waals surface area contributed by atoms with E-state index in [-0.39, 0.29) is 29.9 Å². The molecule has 0 spiro atoms. The van der Waals surface area contributed by atoms with Gasteiger partial charge in [-0.05, 0) is 49.3 Å². The van der Waals surface area contributed by atoms with Crippen LogP contribution in [0, 0.1) is 17.2 Å². The van der Waals surface area contributed by atoms with Crippen LogP contribution in [0.4, 0.5) is 9.18 Å². The topological polar surface area (TPSA) is 61.4 Å². The van der Waals surface area contributed by atoms with E-state index in [1.54, 1.807) is 12.1 Å². The maximum atomic E-state index is 13.0. The van der Waals surface area contributed by atoms with Crippen LogP contribution < -0.4 is 10.6 Å². The molecule has 2 aliphatic carbocycles. The fraction of sp³-hybridized carbons (Fsp3) is 0.562. The normalized spacial score (nSPS) is 20.7. The number of urea groups is 1. The summed E-state index contributed by atoms with van der Waals surface area (Å²) in [5.74, 6) is 0.172. The van der Waals surface area contributed by atoms with Gasteiger partial charge in [-0.3, -0.25) is 0 Å². The van der Waals surface area contributed by atoms with Gasteiger partial charge >= 0.3 is 6.03 Å². The van der Waals surface area contributed by atoms with Crippen molar-refractivity contribution in [3.05, 3.63) is 35.6 Å². The molecule has 4 nitrogen and oxygen atoms in total. The Morgan fingerprint density at radius 3 is 2.52 bits per heavy atom. The molecule has 0 saturated heterocycles. The van der Waals surface area contributed by atoms with E-state index < -0.39 is 0 Å². The molecule has 0 aliphatic heterocycles. The molecule has 0 heterocycles. The van der Waals surface area contributed by atoms with Gasteiger partial charge in [0, 0.05) is 12.0 Å². The van der Waals surface area contributed by atoms with Crippen molar-refractivity contribution in [1.82, 2.24) is 10.6 Å². The van der Waals surface area contributed by atoms with Crippen molar-refractivity contribution < 1.29 is 14.3 Å². The fourth-order valence-electron chi connectivity index (χ4n) is 2.60. The molecule has 2 aliphatic rings. The molecule has 0 aromatic heterocycles. The van der Waals surface area contributed by atoms with Gasteiger partial charge in [-0.25, -0.2) is 9.18 Å². The van der Waals surface area contributed by atoms with Gasteiger partial charge in [-0.15, -0.1) is 0 Å². The van der Waals surface area contributed by atoms with Crippen LogP contribution in [0.1, 0.15) is 37.3 Å². The van der Waals surface area contributed by atoms with Gasteiger partial charge in [0.05, 0.1) is 12.6 Å². The van der Waals surface area contributed by atoms with Crippen LogP contribution in [0.5, 0.6) is 0 Å². The second-order valence-corrected chi connectivity index (χ2v) is 6.35. The number of rotatable bonds is 6. The van der Waals surface area contributed by atoms with Crippen LogP contribution in [0.15, 0.2) is 24.3 Å². The summed E-state index contributed by atoms with van der Waals surface area (Å²) in [5, 5.41) is 15.1. The zero-order chi connectivity index (χ0) is 14.9. The first-order chi connectivity index (χ1) is 10.1. The van der Waals surface area contributed by atoms with Gasteiger partial charge in [0.1, 0.15) is 5.82 Å². The van der Waals surface area contributed by atoms with Crippen LogP contribution in [-0.4, -0.2) is 24.3 Å². The first kappa shape index (κ1) is 14.3. The molecular formula is C16H21FN2O2. The Bertz CT molecular complexity index is 510. The molecule has 3 N–H and O–H groups in total. The summed E-state index contributed by atoms with van der Waals surface area (Å²) in [6, 6.07) is 6.04. The molecule has 114 valence electrons. The molecule has 1 atom stereocenters. The number of aliphatic hydroxyl groups excluding tert-OH is 1. The zero-order valence-corrected chi connectivity index (χ0v) is 11.9. The minimum absolute atomic E-state index is 0.0603. The molecule has 0 radical (unpaired) electrons. The molecular weight excluding hydrogens is 271 g/mol. The lowest BCUT2D eigenvalue weighted by Crippen LogP contribution is -2.41. The first-order valence-electron chi connectivity index (χ1n) is 7.53. The number of carbonyl (C=O) groups excluding carboxylic acids is 1. The van der Waals surface area contributed by atoms with Crippen molar-refractivity contribution in [2.24, 2.45) is 11.3 Å². The largest absolute Gasteiger partial charge is 0.396 e. The molecule has 5 heteroatoms. The summed E-state index contributed by atoms with van der Waals surface area (Å²) in [6.07, 6.45) is 4.10. The minimum Gasteiger partial charge on any atom is -0.396 e. The minimum atomic E-state index is -0.267. The predicted molar refractivity (Wildman–Crippen MR) is 77.2 cm³/mol. The van der Waals surface area contributed by atoms with Gasteiger partial charge in [-0.2, -0.15) is 0 Å². The van der Waals surface area contributed by atoms with Gasteiger partial charge in [0.15, 0.2) is 0 Å². The summed E-state index contributed by atoms with van der Waals surface area (Å²) in [6.45, 7) is 0.632. The Morgan fingerprint density at radius 2 is 2.00 bits per heavy atom. The monoisotopic (exact) mass is 292 g/mol. The first-order valence-corrected chi connectivity index (χ1v) is 7.53. The molecule has 1 aromatic carbocycles. The van der Waals surface area contributed by atoms with E-state index in [0.29, 0.717) is 12.5 Å². The predicted octanol–water partition coefficient (Wildman–Crippen LogP) is 2.35. The lowest BCUT2D eigenvalue weighted by atomic mass is 10.0. The summed E-state index contributed by atoms with van der Waals surface area (Å²) < 4.78 is 13.0. The number of carbonyl (C=O) groups is 1. The molecule has 2 saturated carbocycles. The Morgan fingerprint density at radius 1 is 1.33 bits per heavy atom. The van der Waals surface area contributed by atoms with E-state index in [1.807, 2.05) is 0 Å². The standard InChI is InChI=1S/C16H21FN2O2/c17-13-5-3-12(4-6-13)14(11-1-2-11)19-15(21)18-9-16(10-20)7-8-16/h3-6,11,14,20H,1-2,7-10H2,(H2,18,19,21). The summed E-state index contributed by atoms with van der Waals surface area (Å²) >= 11 is 0. The third-order valence-electron chi connectivity index (χ3n) is 4.53. The molecule has 0 bridgehead atoms. The average molecular weight is 292 g/mol. The highest BCUT2D eigenvalue weighted by Crippen LogP contribution is 2.44. The number of hydrogen-bond acceptors (Lipinski definition) is 2. The van der Waals surface area contributed by atoms with Crippen LogP contribution >= 0.6 is 0 Å². The van der Waals surface area contributed by atoms with Crippen LogP contribution in [0.3, 0.4) is 0 Å². The molecule has 1 unspecified atom stereocenters. The van der Waals surface area contributed by atoms with Crippen LogP contribution in [0.2, 0.25) is 0 Å². The van der Waals surface area contributed by atoms with E-state index in [9.17, 15) is 14.3 Å². The Kier molecular flexibility index (Phi) is 3.85. The lowest BCUT2D eigenvalue weighted by Gasteiger charge is -2.20. The highest BCUT2D eigenvalue weighted by Gasteiger charge is 2.42. The van der Waals surface area contributed by atoms with Gasteiger partial charge < -0.3 is 15.7 Å². The number of aliphatic hydroxyl groups is 1. The number of halogens is 1. The quantitative estimate of drug-likeness (QED) is 0.753. The number of hydrogen-bond donors (Lipinski definition) is 3. The van der Waals surface area contributed by atoms with Crippen molar-refractivity contribution in [2.75, 3.05) is 13.2 Å². The van der Waals surface area contributed by atoms with Crippen molar-refractivity contribution in [3.63, 3.8) is 0 Å². The van der Waals surface area contributed by atoms with Crippen molar-refractivity contribution >= 4 is 6.03 Å². The van der Waals surface area contributed by atoms with Gasteiger partial charge in [0.25, 0.3) is 0 Å². The van der Waals surface area contributed by atoms with E-state index in [0.717, 1.165) is 31.2 Å². The molecule has 21 heavy (non-hydrogen) atoms.